The molecule has 4 nitrogen and oxygen atoms in total. The summed E-state index contributed by atoms with van der Waals surface area (Å²) in [5.41, 5.74) is -4.25. The quantitative estimate of drug-likeness (QED) is 0.391. The molecule has 0 amide bonds. The second-order valence-corrected chi connectivity index (χ2v) is 6.89. The van der Waals surface area contributed by atoms with Gasteiger partial charge in [0.1, 0.15) is 12.7 Å². The van der Waals surface area contributed by atoms with Crippen molar-refractivity contribution in [2.75, 3.05) is 6.61 Å². The molecule has 140 valence electrons. The number of hydrogen-bond donors (Lipinski definition) is 0. The minimum Gasteiger partial charge on any atom is -0.458 e. The first-order valence-corrected chi connectivity index (χ1v) is 7.37. The van der Waals surface area contributed by atoms with Crippen LogP contribution in [0.2, 0.25) is 0 Å². The topological polar surface area (TPSA) is 52.6 Å². The van der Waals surface area contributed by atoms with Gasteiger partial charge >= 0.3 is 18.1 Å². The zero-order chi connectivity index (χ0) is 19.3. The number of carbonyl (C=O) groups is 2. The van der Waals surface area contributed by atoms with Crippen molar-refractivity contribution in [3.8, 4) is 0 Å². The number of halogens is 4. The van der Waals surface area contributed by atoms with Gasteiger partial charge in [-0.05, 0) is 47.5 Å². The van der Waals surface area contributed by atoms with Gasteiger partial charge in [0.2, 0.25) is 5.67 Å². The van der Waals surface area contributed by atoms with Gasteiger partial charge in [0.25, 0.3) is 0 Å². The summed E-state index contributed by atoms with van der Waals surface area (Å²) in [6.45, 7) is 9.36. The van der Waals surface area contributed by atoms with Crippen LogP contribution in [-0.4, -0.2) is 36.5 Å². The predicted molar refractivity (Wildman–Crippen MR) is 79.9 cm³/mol. The number of ether oxygens (including phenoxy) is 2. The maximum Gasteiger partial charge on any atom is 0.422 e. The van der Waals surface area contributed by atoms with E-state index >= 15 is 0 Å². The van der Waals surface area contributed by atoms with Gasteiger partial charge in [0, 0.05) is 5.57 Å². The normalized spacial score (nSPS) is 16.0. The predicted octanol–water partition coefficient (Wildman–Crippen LogP) is 4.13. The van der Waals surface area contributed by atoms with Crippen LogP contribution in [0, 0.1) is 5.41 Å². The second kappa shape index (κ2) is 7.98. The van der Waals surface area contributed by atoms with Crippen LogP contribution >= 0.6 is 0 Å². The molecule has 0 aromatic carbocycles. The first-order valence-electron chi connectivity index (χ1n) is 7.37. The van der Waals surface area contributed by atoms with Crippen molar-refractivity contribution in [1.82, 2.24) is 0 Å². The van der Waals surface area contributed by atoms with Gasteiger partial charge in [-0.2, -0.15) is 13.2 Å². The Hall–Kier alpha value is -1.60. The van der Waals surface area contributed by atoms with Crippen molar-refractivity contribution < 1.29 is 36.6 Å². The minimum atomic E-state index is -5.04. The Morgan fingerprint density at radius 2 is 1.58 bits per heavy atom. The molecule has 0 radical (unpaired) electrons. The third kappa shape index (κ3) is 7.31. The fourth-order valence-electron chi connectivity index (χ4n) is 1.37. The largest absolute Gasteiger partial charge is 0.458 e. The van der Waals surface area contributed by atoms with E-state index in [-0.39, 0.29) is 5.57 Å². The van der Waals surface area contributed by atoms with E-state index in [1.807, 2.05) is 0 Å². The van der Waals surface area contributed by atoms with E-state index in [0.717, 1.165) is 0 Å². The highest BCUT2D eigenvalue weighted by molar-refractivity contribution is 5.86. The van der Waals surface area contributed by atoms with E-state index < -0.39 is 54.8 Å². The first kappa shape index (κ1) is 22.4. The monoisotopic (exact) mass is 356 g/mol. The summed E-state index contributed by atoms with van der Waals surface area (Å²) in [6.07, 6.45) is -7.60. The third-order valence-corrected chi connectivity index (χ3v) is 3.16. The Morgan fingerprint density at radius 1 is 1.08 bits per heavy atom. The number of alkyl halides is 4. The van der Waals surface area contributed by atoms with Crippen molar-refractivity contribution in [1.29, 1.82) is 0 Å². The molecule has 24 heavy (non-hydrogen) atoms. The molecule has 0 fully saturated rings. The summed E-state index contributed by atoms with van der Waals surface area (Å²) in [5, 5.41) is 0. The van der Waals surface area contributed by atoms with Crippen molar-refractivity contribution in [2.24, 2.45) is 5.41 Å². The van der Waals surface area contributed by atoms with Crippen LogP contribution < -0.4 is 0 Å². The standard InChI is InChI=1S/C16H24F4O4/c1-10(2)12(21)23-9-11(24-13(22)14(3,4)5)7-8-15(6,17)16(18,19)20/h11H,1,7-9H2,2-6H3. The molecule has 0 N–H and O–H groups in total. The zero-order valence-electron chi connectivity index (χ0n) is 14.6. The molecular weight excluding hydrogens is 332 g/mol. The van der Waals surface area contributed by atoms with Gasteiger partial charge in [-0.15, -0.1) is 0 Å². The molecule has 0 heterocycles. The van der Waals surface area contributed by atoms with E-state index in [1.165, 1.54) is 6.92 Å². The van der Waals surface area contributed by atoms with Crippen LogP contribution in [0.25, 0.3) is 0 Å². The average molecular weight is 356 g/mol. The maximum absolute atomic E-state index is 13.7. The van der Waals surface area contributed by atoms with Crippen LogP contribution in [0.1, 0.15) is 47.5 Å². The van der Waals surface area contributed by atoms with Crippen LogP contribution in [-0.2, 0) is 19.1 Å². The molecule has 0 saturated carbocycles. The van der Waals surface area contributed by atoms with Crippen LogP contribution in [0.5, 0.6) is 0 Å². The lowest BCUT2D eigenvalue weighted by molar-refractivity contribution is -0.228. The first-order chi connectivity index (χ1) is 10.6. The van der Waals surface area contributed by atoms with Gasteiger partial charge in [-0.25, -0.2) is 9.18 Å². The van der Waals surface area contributed by atoms with Crippen molar-refractivity contribution in [2.45, 2.75) is 65.4 Å². The molecule has 0 aliphatic carbocycles. The summed E-state index contributed by atoms with van der Waals surface area (Å²) in [4.78, 5) is 23.3. The molecule has 0 spiro atoms. The van der Waals surface area contributed by atoms with E-state index in [4.69, 9.17) is 9.47 Å². The smallest absolute Gasteiger partial charge is 0.422 e. The van der Waals surface area contributed by atoms with Crippen LogP contribution in [0.15, 0.2) is 12.2 Å². The van der Waals surface area contributed by atoms with E-state index in [1.54, 1.807) is 20.8 Å². The highest BCUT2D eigenvalue weighted by atomic mass is 19.4. The van der Waals surface area contributed by atoms with Crippen molar-refractivity contribution in [3.63, 3.8) is 0 Å². The zero-order valence-corrected chi connectivity index (χ0v) is 14.6. The summed E-state index contributed by atoms with van der Waals surface area (Å²) in [5.74, 6) is -1.46. The SMILES string of the molecule is C=C(C)C(=O)OCC(CCC(C)(F)C(F)(F)F)OC(=O)C(C)(C)C. The number of rotatable bonds is 7. The van der Waals surface area contributed by atoms with Gasteiger partial charge < -0.3 is 9.47 Å². The summed E-state index contributed by atoms with van der Waals surface area (Å²) in [7, 11) is 0. The van der Waals surface area contributed by atoms with Gasteiger partial charge in [-0.1, -0.05) is 6.58 Å². The highest BCUT2D eigenvalue weighted by Crippen LogP contribution is 2.37. The van der Waals surface area contributed by atoms with Gasteiger partial charge in [0.15, 0.2) is 0 Å². The van der Waals surface area contributed by atoms with E-state index in [0.29, 0.717) is 6.92 Å². The highest BCUT2D eigenvalue weighted by Gasteiger charge is 2.51. The Balaban J connectivity index is 4.96. The Morgan fingerprint density at radius 3 is 1.96 bits per heavy atom. The van der Waals surface area contributed by atoms with Crippen molar-refractivity contribution in [3.05, 3.63) is 12.2 Å². The van der Waals surface area contributed by atoms with Crippen LogP contribution in [0.4, 0.5) is 17.6 Å². The number of esters is 2. The molecule has 8 heteroatoms. The third-order valence-electron chi connectivity index (χ3n) is 3.16. The summed E-state index contributed by atoms with van der Waals surface area (Å²) in [6, 6.07) is 0. The number of carbonyl (C=O) groups excluding carboxylic acids is 2. The minimum absolute atomic E-state index is 0.0847. The molecule has 2 atom stereocenters. The Bertz CT molecular complexity index is 475. The Labute approximate surface area is 139 Å². The molecule has 2 unspecified atom stereocenters. The summed E-state index contributed by atoms with van der Waals surface area (Å²) < 4.78 is 61.3. The van der Waals surface area contributed by atoms with Crippen LogP contribution in [0.3, 0.4) is 0 Å². The molecule has 0 aromatic heterocycles. The number of hydrogen-bond acceptors (Lipinski definition) is 4. The lowest BCUT2D eigenvalue weighted by Crippen LogP contribution is -2.40. The molecule has 0 aliphatic heterocycles. The van der Waals surface area contributed by atoms with E-state index in [2.05, 4.69) is 6.58 Å². The molecular formula is C16H24F4O4. The fraction of sp³-hybridized carbons (Fsp3) is 0.750. The van der Waals surface area contributed by atoms with Gasteiger partial charge in [0.05, 0.1) is 5.41 Å². The fourth-order valence-corrected chi connectivity index (χ4v) is 1.37. The summed E-state index contributed by atoms with van der Waals surface area (Å²) >= 11 is 0. The van der Waals surface area contributed by atoms with E-state index in [9.17, 15) is 27.2 Å². The molecule has 0 bridgehead atoms. The Kier molecular flexibility index (Phi) is 7.45. The van der Waals surface area contributed by atoms with Gasteiger partial charge in [-0.3, -0.25) is 4.79 Å². The lowest BCUT2D eigenvalue weighted by atomic mass is 9.96. The molecule has 0 rings (SSSR count). The second-order valence-electron chi connectivity index (χ2n) is 6.89. The maximum atomic E-state index is 13.7. The lowest BCUT2D eigenvalue weighted by Gasteiger charge is -2.27. The average Bonchev–Trinajstić information content (AvgIpc) is 2.38. The molecule has 0 aromatic rings. The molecule has 0 saturated heterocycles. The van der Waals surface area contributed by atoms with Crippen molar-refractivity contribution >= 4 is 11.9 Å². The molecule has 0 aliphatic rings.